The topological polar surface area (TPSA) is 96.6 Å². The first-order chi connectivity index (χ1) is 18.6. The molecule has 5 N–H and O–H groups in total. The predicted octanol–water partition coefficient (Wildman–Crippen LogP) is 5.27. The molecule has 0 aromatic rings. The number of aliphatic hydroxyl groups is 1. The molecule has 4 saturated carbocycles. The third kappa shape index (κ3) is 6.87. The van der Waals surface area contributed by atoms with Crippen LogP contribution in [-0.4, -0.2) is 55.5 Å². The molecule has 226 valence electrons. The van der Waals surface area contributed by atoms with Gasteiger partial charge in [0, 0.05) is 12.5 Å². The molecule has 39 heavy (non-hydrogen) atoms. The summed E-state index contributed by atoms with van der Waals surface area (Å²) in [5.74, 6) is 3.50. The smallest absolute Gasteiger partial charge is 0.306 e. The molecule has 0 spiro atoms. The van der Waals surface area contributed by atoms with Gasteiger partial charge in [0.15, 0.2) is 0 Å². The number of rotatable bonds is 13. The molecule has 6 heteroatoms. The monoisotopic (exact) mass is 547 g/mol. The van der Waals surface area contributed by atoms with Crippen molar-refractivity contribution in [3.8, 4) is 0 Å². The van der Waals surface area contributed by atoms with Gasteiger partial charge in [-0.05, 0) is 157 Å². The lowest BCUT2D eigenvalue weighted by atomic mass is 9.43. The van der Waals surface area contributed by atoms with E-state index in [1.54, 1.807) is 0 Å². The number of nitrogens with one attached hydrogen (secondary N) is 2. The van der Waals surface area contributed by atoms with Crippen LogP contribution in [0.5, 0.6) is 0 Å². The van der Waals surface area contributed by atoms with Gasteiger partial charge in [0.1, 0.15) is 0 Å². The van der Waals surface area contributed by atoms with E-state index >= 15 is 0 Å². The SMILES string of the molecule is CC(C)OC(=O)CC[C@@H](C)C1CCC2C3C(CC[C@@]21C)[C@@]1(C)CC[C@H](NCCCNCCCN)CC1C[C@@H]3O. The third-order valence-electron chi connectivity index (χ3n) is 12.1. The summed E-state index contributed by atoms with van der Waals surface area (Å²) in [5, 5.41) is 19.1. The maximum atomic E-state index is 12.2. The Bertz CT molecular complexity index is 792. The third-order valence-corrected chi connectivity index (χ3v) is 12.1. The maximum Gasteiger partial charge on any atom is 0.306 e. The van der Waals surface area contributed by atoms with Crippen LogP contribution in [0.4, 0.5) is 0 Å². The highest BCUT2D eigenvalue weighted by molar-refractivity contribution is 5.69. The van der Waals surface area contributed by atoms with Crippen LogP contribution in [0.25, 0.3) is 0 Å². The summed E-state index contributed by atoms with van der Waals surface area (Å²) in [4.78, 5) is 12.2. The first kappa shape index (κ1) is 31.3. The summed E-state index contributed by atoms with van der Waals surface area (Å²) in [6, 6.07) is 0.601. The fraction of sp³-hybridized carbons (Fsp3) is 0.970. The van der Waals surface area contributed by atoms with Gasteiger partial charge in [0.2, 0.25) is 0 Å². The molecule has 0 amide bonds. The Morgan fingerprint density at radius 2 is 1.69 bits per heavy atom. The average molecular weight is 548 g/mol. The number of carbonyl (C=O) groups excluding carboxylic acids is 1. The molecule has 4 fully saturated rings. The molecule has 6 nitrogen and oxygen atoms in total. The van der Waals surface area contributed by atoms with Gasteiger partial charge in [-0.25, -0.2) is 0 Å². The molecule has 4 aliphatic carbocycles. The zero-order valence-electron chi connectivity index (χ0n) is 25.9. The van der Waals surface area contributed by atoms with Crippen LogP contribution in [0, 0.1) is 46.3 Å². The lowest BCUT2D eigenvalue weighted by molar-refractivity contribution is -0.167. The van der Waals surface area contributed by atoms with Crippen LogP contribution in [0.2, 0.25) is 0 Å². The minimum absolute atomic E-state index is 0.0332. The van der Waals surface area contributed by atoms with Crippen molar-refractivity contribution < 1.29 is 14.6 Å². The van der Waals surface area contributed by atoms with E-state index in [4.69, 9.17) is 10.5 Å². The van der Waals surface area contributed by atoms with Gasteiger partial charge in [0.05, 0.1) is 12.2 Å². The molecule has 4 aliphatic rings. The molecule has 0 heterocycles. The van der Waals surface area contributed by atoms with E-state index in [2.05, 4.69) is 31.4 Å². The molecular weight excluding hydrogens is 486 g/mol. The van der Waals surface area contributed by atoms with Crippen LogP contribution in [0.1, 0.15) is 112 Å². The summed E-state index contributed by atoms with van der Waals surface area (Å²) in [6.45, 7) is 15.3. The molecule has 0 radical (unpaired) electrons. The van der Waals surface area contributed by atoms with Crippen LogP contribution in [0.3, 0.4) is 0 Å². The van der Waals surface area contributed by atoms with Crippen molar-refractivity contribution in [1.82, 2.24) is 10.6 Å². The zero-order valence-corrected chi connectivity index (χ0v) is 25.9. The Hall–Kier alpha value is -0.690. The molecule has 0 aromatic heterocycles. The number of fused-ring (bicyclic) bond motifs is 5. The Morgan fingerprint density at radius 1 is 0.974 bits per heavy atom. The largest absolute Gasteiger partial charge is 0.463 e. The summed E-state index contributed by atoms with van der Waals surface area (Å²) < 4.78 is 5.41. The van der Waals surface area contributed by atoms with E-state index in [0.717, 1.165) is 51.9 Å². The van der Waals surface area contributed by atoms with Crippen molar-refractivity contribution in [2.24, 2.45) is 52.1 Å². The lowest BCUT2D eigenvalue weighted by Crippen LogP contribution is -2.59. The van der Waals surface area contributed by atoms with Gasteiger partial charge in [-0.15, -0.1) is 0 Å². The van der Waals surface area contributed by atoms with Crippen molar-refractivity contribution in [3.63, 3.8) is 0 Å². The van der Waals surface area contributed by atoms with E-state index in [9.17, 15) is 9.90 Å². The number of carbonyl (C=O) groups is 1. The van der Waals surface area contributed by atoms with Gasteiger partial charge in [-0.2, -0.15) is 0 Å². The highest BCUT2D eigenvalue weighted by Crippen LogP contribution is 2.68. The molecular formula is C33H61N3O3. The molecule has 4 rings (SSSR count). The molecule has 0 bridgehead atoms. The summed E-state index contributed by atoms with van der Waals surface area (Å²) in [6.07, 6.45) is 13.4. The number of esters is 1. The number of hydrogen-bond acceptors (Lipinski definition) is 6. The highest BCUT2D eigenvalue weighted by Gasteiger charge is 2.62. The van der Waals surface area contributed by atoms with Crippen molar-refractivity contribution in [1.29, 1.82) is 0 Å². The second-order valence-electron chi connectivity index (χ2n) is 14.8. The lowest BCUT2D eigenvalue weighted by Gasteiger charge is -2.62. The average Bonchev–Trinajstić information content (AvgIpc) is 3.24. The minimum atomic E-state index is -0.154. The van der Waals surface area contributed by atoms with Gasteiger partial charge in [0.25, 0.3) is 0 Å². The minimum Gasteiger partial charge on any atom is -0.463 e. The van der Waals surface area contributed by atoms with Gasteiger partial charge >= 0.3 is 5.97 Å². The second kappa shape index (κ2) is 13.5. The Kier molecular flexibility index (Phi) is 10.8. The second-order valence-corrected chi connectivity index (χ2v) is 14.8. The molecule has 5 unspecified atom stereocenters. The van der Waals surface area contributed by atoms with Gasteiger partial charge in [-0.3, -0.25) is 4.79 Å². The van der Waals surface area contributed by atoms with Crippen LogP contribution in [-0.2, 0) is 9.53 Å². The number of aliphatic hydroxyl groups excluding tert-OH is 1. The fourth-order valence-electron chi connectivity index (χ4n) is 10.1. The normalized spacial score (nSPS) is 40.6. The number of ether oxygens (including phenoxy) is 1. The van der Waals surface area contributed by atoms with Crippen molar-refractivity contribution in [2.75, 3.05) is 26.2 Å². The quantitative estimate of drug-likeness (QED) is 0.185. The van der Waals surface area contributed by atoms with Crippen LogP contribution < -0.4 is 16.4 Å². The summed E-state index contributed by atoms with van der Waals surface area (Å²) in [7, 11) is 0. The van der Waals surface area contributed by atoms with E-state index < -0.39 is 0 Å². The molecule has 0 aromatic carbocycles. The van der Waals surface area contributed by atoms with Crippen LogP contribution in [0.15, 0.2) is 0 Å². The predicted molar refractivity (Wildman–Crippen MR) is 159 cm³/mol. The van der Waals surface area contributed by atoms with Crippen LogP contribution >= 0.6 is 0 Å². The molecule has 0 saturated heterocycles. The Labute approximate surface area is 239 Å². The maximum absolute atomic E-state index is 12.2. The van der Waals surface area contributed by atoms with Gasteiger partial charge < -0.3 is 26.2 Å². The molecule has 0 aliphatic heterocycles. The fourth-order valence-corrected chi connectivity index (χ4v) is 10.1. The van der Waals surface area contributed by atoms with Crippen molar-refractivity contribution >= 4 is 5.97 Å². The van der Waals surface area contributed by atoms with E-state index in [1.165, 1.54) is 44.9 Å². The van der Waals surface area contributed by atoms with E-state index in [0.29, 0.717) is 58.8 Å². The molecule has 10 atom stereocenters. The van der Waals surface area contributed by atoms with Gasteiger partial charge in [-0.1, -0.05) is 20.8 Å². The number of nitrogens with two attached hydrogens (primary N) is 1. The Morgan fingerprint density at radius 3 is 2.44 bits per heavy atom. The first-order valence-corrected chi connectivity index (χ1v) is 16.6. The standard InChI is InChI=1S/C33H61N3O3/c1-22(2)39-30(38)11-8-23(3)26-9-10-27-31-28(13-15-33(26,27)5)32(4)14-12-25(20-24(32)21-29(31)37)36-19-7-18-35-17-6-16-34/h22-29,31,35-37H,6-21,34H2,1-5H3/t23-,24?,25+,26?,27?,28?,29+,31?,32+,33-/m1/s1. The zero-order chi connectivity index (χ0) is 28.2. The highest BCUT2D eigenvalue weighted by atomic mass is 16.5. The Balaban J connectivity index is 1.32. The van der Waals surface area contributed by atoms with Crippen molar-refractivity contribution in [2.45, 2.75) is 130 Å². The van der Waals surface area contributed by atoms with Crippen molar-refractivity contribution in [3.05, 3.63) is 0 Å². The van der Waals surface area contributed by atoms with E-state index in [1.807, 2.05) is 13.8 Å². The first-order valence-electron chi connectivity index (χ1n) is 16.6. The van der Waals surface area contributed by atoms with E-state index in [-0.39, 0.29) is 18.2 Å². The number of hydrogen-bond donors (Lipinski definition) is 4. The summed E-state index contributed by atoms with van der Waals surface area (Å²) >= 11 is 0. The summed E-state index contributed by atoms with van der Waals surface area (Å²) in [5.41, 5.74) is 6.25.